The minimum atomic E-state index is 0.0975. The monoisotopic (exact) mass is 330 g/mol. The Balaban J connectivity index is 1.71. The summed E-state index contributed by atoms with van der Waals surface area (Å²) in [7, 11) is 1.92. The Morgan fingerprint density at radius 2 is 2.25 bits per heavy atom. The van der Waals surface area contributed by atoms with Crippen molar-refractivity contribution in [2.75, 3.05) is 13.1 Å². The van der Waals surface area contributed by atoms with E-state index in [1.165, 1.54) is 5.56 Å². The predicted octanol–water partition coefficient (Wildman–Crippen LogP) is 1.54. The molecule has 1 saturated heterocycles. The number of carbonyl (C=O) groups is 1. The van der Waals surface area contributed by atoms with Crippen molar-refractivity contribution in [3.05, 3.63) is 35.4 Å². The topological polar surface area (TPSA) is 78.8 Å². The number of piperidine rings is 1. The molecule has 7 heteroatoms. The Labute approximate surface area is 142 Å². The highest BCUT2D eigenvalue weighted by Gasteiger charge is 2.36. The molecule has 1 amide bonds. The predicted molar refractivity (Wildman–Crippen MR) is 91.1 cm³/mol. The number of aromatic nitrogens is 4. The van der Waals surface area contributed by atoms with Gasteiger partial charge < -0.3 is 10.2 Å². The molecule has 0 spiro atoms. The number of aromatic amines is 1. The van der Waals surface area contributed by atoms with Crippen molar-refractivity contribution in [2.45, 2.75) is 39.3 Å². The van der Waals surface area contributed by atoms with Gasteiger partial charge in [-0.25, -0.2) is 0 Å². The van der Waals surface area contributed by atoms with Gasteiger partial charge in [-0.2, -0.15) is 10.2 Å². The molecule has 0 bridgehead atoms. The van der Waals surface area contributed by atoms with Crippen LogP contribution in [-0.4, -0.2) is 43.9 Å². The molecule has 0 aliphatic carbocycles. The SMILES string of the molecule is CCN1C(=O)CC[C@H](CNCc2[nH]ncc2C)[C@H]1c1cnn(C)c1. The number of amides is 1. The Morgan fingerprint density at radius 3 is 2.88 bits per heavy atom. The lowest BCUT2D eigenvalue weighted by Crippen LogP contribution is -2.45. The molecule has 2 N–H and O–H groups in total. The quantitative estimate of drug-likeness (QED) is 0.842. The second kappa shape index (κ2) is 7.17. The summed E-state index contributed by atoms with van der Waals surface area (Å²) in [6.07, 6.45) is 7.29. The lowest BCUT2D eigenvalue weighted by atomic mass is 9.85. The summed E-state index contributed by atoms with van der Waals surface area (Å²) in [4.78, 5) is 14.3. The van der Waals surface area contributed by atoms with Crippen molar-refractivity contribution in [1.29, 1.82) is 0 Å². The second-order valence-electron chi connectivity index (χ2n) is 6.53. The summed E-state index contributed by atoms with van der Waals surface area (Å²) in [5.74, 6) is 0.627. The molecule has 2 atom stereocenters. The van der Waals surface area contributed by atoms with Gasteiger partial charge in [0.1, 0.15) is 0 Å². The van der Waals surface area contributed by atoms with Gasteiger partial charge in [-0.3, -0.25) is 14.6 Å². The fourth-order valence-electron chi connectivity index (χ4n) is 3.59. The zero-order valence-corrected chi connectivity index (χ0v) is 14.6. The number of aryl methyl sites for hydroxylation is 2. The minimum absolute atomic E-state index is 0.0975. The summed E-state index contributed by atoms with van der Waals surface area (Å²) >= 11 is 0. The van der Waals surface area contributed by atoms with E-state index >= 15 is 0 Å². The second-order valence-corrected chi connectivity index (χ2v) is 6.53. The molecule has 3 heterocycles. The maximum atomic E-state index is 12.3. The smallest absolute Gasteiger partial charge is 0.223 e. The first-order valence-corrected chi connectivity index (χ1v) is 8.57. The first-order chi connectivity index (χ1) is 11.6. The number of nitrogens with one attached hydrogen (secondary N) is 2. The zero-order chi connectivity index (χ0) is 17.1. The average Bonchev–Trinajstić information content (AvgIpc) is 3.17. The van der Waals surface area contributed by atoms with Gasteiger partial charge in [0.15, 0.2) is 0 Å². The molecular weight excluding hydrogens is 304 g/mol. The van der Waals surface area contributed by atoms with Crippen molar-refractivity contribution in [2.24, 2.45) is 13.0 Å². The van der Waals surface area contributed by atoms with Gasteiger partial charge in [0.2, 0.25) is 5.91 Å². The van der Waals surface area contributed by atoms with E-state index in [1.54, 1.807) is 4.68 Å². The number of likely N-dealkylation sites (tertiary alicyclic amines) is 1. The van der Waals surface area contributed by atoms with Crippen LogP contribution in [0, 0.1) is 12.8 Å². The van der Waals surface area contributed by atoms with Gasteiger partial charge in [0, 0.05) is 44.9 Å². The molecular formula is C17H26N6O. The lowest BCUT2D eigenvalue weighted by Gasteiger charge is -2.40. The molecule has 0 unspecified atom stereocenters. The highest BCUT2D eigenvalue weighted by Crippen LogP contribution is 2.36. The fraction of sp³-hybridized carbons (Fsp3) is 0.588. The summed E-state index contributed by atoms with van der Waals surface area (Å²) < 4.78 is 1.81. The van der Waals surface area contributed by atoms with Crippen molar-refractivity contribution >= 4 is 5.91 Å². The molecule has 24 heavy (non-hydrogen) atoms. The first-order valence-electron chi connectivity index (χ1n) is 8.57. The van der Waals surface area contributed by atoms with Crippen LogP contribution in [0.25, 0.3) is 0 Å². The van der Waals surface area contributed by atoms with Crippen LogP contribution in [0.4, 0.5) is 0 Å². The van der Waals surface area contributed by atoms with Crippen LogP contribution >= 0.6 is 0 Å². The first kappa shape index (κ1) is 16.7. The highest BCUT2D eigenvalue weighted by molar-refractivity contribution is 5.77. The molecule has 130 valence electrons. The Kier molecular flexibility index (Phi) is 4.99. The van der Waals surface area contributed by atoms with Gasteiger partial charge >= 0.3 is 0 Å². The Hall–Kier alpha value is -2.15. The third kappa shape index (κ3) is 3.36. The van der Waals surface area contributed by atoms with Crippen molar-refractivity contribution in [3.63, 3.8) is 0 Å². The number of carbonyl (C=O) groups excluding carboxylic acids is 1. The maximum Gasteiger partial charge on any atom is 0.223 e. The molecule has 0 aromatic carbocycles. The van der Waals surface area contributed by atoms with Crippen LogP contribution < -0.4 is 5.32 Å². The lowest BCUT2D eigenvalue weighted by molar-refractivity contribution is -0.138. The van der Waals surface area contributed by atoms with E-state index in [0.717, 1.165) is 37.3 Å². The highest BCUT2D eigenvalue weighted by atomic mass is 16.2. The third-order valence-corrected chi connectivity index (χ3v) is 4.88. The molecule has 0 radical (unpaired) electrons. The Morgan fingerprint density at radius 1 is 1.42 bits per heavy atom. The molecule has 2 aromatic rings. The third-order valence-electron chi connectivity index (χ3n) is 4.88. The van der Waals surface area contributed by atoms with E-state index in [2.05, 4.69) is 27.5 Å². The molecule has 7 nitrogen and oxygen atoms in total. The summed E-state index contributed by atoms with van der Waals surface area (Å²) in [6.45, 7) is 6.46. The van der Waals surface area contributed by atoms with Gasteiger partial charge in [-0.1, -0.05) is 0 Å². The molecule has 1 aliphatic rings. The average molecular weight is 330 g/mol. The molecule has 2 aromatic heterocycles. The minimum Gasteiger partial charge on any atom is -0.335 e. The van der Waals surface area contributed by atoms with Gasteiger partial charge in [-0.05, 0) is 31.7 Å². The summed E-state index contributed by atoms with van der Waals surface area (Å²) in [5.41, 5.74) is 3.41. The van der Waals surface area contributed by atoms with E-state index < -0.39 is 0 Å². The fourth-order valence-corrected chi connectivity index (χ4v) is 3.59. The van der Waals surface area contributed by atoms with Crippen molar-refractivity contribution in [1.82, 2.24) is 30.2 Å². The van der Waals surface area contributed by atoms with Crippen LogP contribution in [0.5, 0.6) is 0 Å². The van der Waals surface area contributed by atoms with Crippen LogP contribution in [0.1, 0.15) is 42.6 Å². The molecule has 0 saturated carbocycles. The molecule has 1 aliphatic heterocycles. The summed E-state index contributed by atoms with van der Waals surface area (Å²) in [6, 6.07) is 0.0975. The largest absolute Gasteiger partial charge is 0.335 e. The van der Waals surface area contributed by atoms with Crippen LogP contribution in [0.15, 0.2) is 18.6 Å². The maximum absolute atomic E-state index is 12.3. The van der Waals surface area contributed by atoms with Crippen LogP contribution in [0.2, 0.25) is 0 Å². The molecule has 1 fully saturated rings. The standard InChI is InChI=1S/C17H26N6O/c1-4-23-16(24)6-5-13(17(23)14-9-20-22(3)11-14)8-18-10-15-12(2)7-19-21-15/h7,9,11,13,17-18H,4-6,8,10H2,1-3H3,(H,19,21)/t13-,17+/m1/s1. The number of H-pyrrole nitrogens is 1. The Bertz CT molecular complexity index is 691. The van der Waals surface area contributed by atoms with E-state index in [-0.39, 0.29) is 11.9 Å². The number of hydrogen-bond acceptors (Lipinski definition) is 4. The van der Waals surface area contributed by atoms with Crippen molar-refractivity contribution in [3.8, 4) is 0 Å². The van der Waals surface area contributed by atoms with E-state index in [9.17, 15) is 4.79 Å². The zero-order valence-electron chi connectivity index (χ0n) is 14.6. The normalized spacial score (nSPS) is 21.5. The van der Waals surface area contributed by atoms with Gasteiger partial charge in [-0.15, -0.1) is 0 Å². The van der Waals surface area contributed by atoms with Gasteiger partial charge in [0.05, 0.1) is 24.1 Å². The number of nitrogens with zero attached hydrogens (tertiary/aromatic N) is 4. The molecule has 3 rings (SSSR count). The van der Waals surface area contributed by atoms with E-state index in [1.807, 2.05) is 37.5 Å². The van der Waals surface area contributed by atoms with Gasteiger partial charge in [0.25, 0.3) is 0 Å². The number of hydrogen-bond donors (Lipinski definition) is 2. The van der Waals surface area contributed by atoms with Crippen LogP contribution in [0.3, 0.4) is 0 Å². The summed E-state index contributed by atoms with van der Waals surface area (Å²) in [5, 5.41) is 14.9. The van der Waals surface area contributed by atoms with Crippen molar-refractivity contribution < 1.29 is 4.79 Å². The van der Waals surface area contributed by atoms with Crippen LogP contribution in [-0.2, 0) is 18.4 Å². The van der Waals surface area contributed by atoms with E-state index in [4.69, 9.17) is 0 Å². The van der Waals surface area contributed by atoms with E-state index in [0.29, 0.717) is 12.3 Å². The number of rotatable bonds is 6.